The standard InChI is InChI=1S/C25H26FN3O2/c1-16-15-27-11-12-29(16)20-6-3-5-18(13-20)21-7-4-8-22(25(21)31)19-9-10-24(23(26)14-19)28-17(2)30/h3-10,13-14,16,27,31H,11-12,15H2,1-2H3,(H,28,30)/t16-/m0/s1. The summed E-state index contributed by atoms with van der Waals surface area (Å²) in [6.45, 7) is 6.32. The second-order valence-electron chi connectivity index (χ2n) is 7.87. The summed E-state index contributed by atoms with van der Waals surface area (Å²) in [6, 6.07) is 18.5. The zero-order valence-corrected chi connectivity index (χ0v) is 17.7. The molecule has 3 aromatic carbocycles. The van der Waals surface area contributed by atoms with E-state index in [2.05, 4.69) is 34.6 Å². The van der Waals surface area contributed by atoms with Crippen molar-refractivity contribution in [1.29, 1.82) is 0 Å². The molecule has 1 fully saturated rings. The van der Waals surface area contributed by atoms with Crippen LogP contribution in [-0.2, 0) is 4.79 Å². The zero-order chi connectivity index (χ0) is 22.0. The molecule has 4 rings (SSSR count). The van der Waals surface area contributed by atoms with Gasteiger partial charge < -0.3 is 20.6 Å². The molecule has 6 heteroatoms. The predicted octanol–water partition coefficient (Wildman–Crippen LogP) is 4.62. The van der Waals surface area contributed by atoms with Crippen LogP contribution in [0.3, 0.4) is 0 Å². The number of piperazine rings is 1. The fraction of sp³-hybridized carbons (Fsp3) is 0.240. The number of anilines is 2. The van der Waals surface area contributed by atoms with Crippen molar-refractivity contribution in [2.75, 3.05) is 29.9 Å². The molecule has 0 saturated carbocycles. The molecule has 1 aliphatic heterocycles. The highest BCUT2D eigenvalue weighted by Crippen LogP contribution is 2.39. The van der Waals surface area contributed by atoms with Gasteiger partial charge in [-0.2, -0.15) is 0 Å². The van der Waals surface area contributed by atoms with Crippen LogP contribution in [0.1, 0.15) is 13.8 Å². The van der Waals surface area contributed by atoms with E-state index in [9.17, 15) is 14.3 Å². The van der Waals surface area contributed by atoms with Gasteiger partial charge in [0.15, 0.2) is 0 Å². The summed E-state index contributed by atoms with van der Waals surface area (Å²) in [5, 5.41) is 16.9. The molecule has 31 heavy (non-hydrogen) atoms. The third-order valence-corrected chi connectivity index (χ3v) is 5.62. The highest BCUT2D eigenvalue weighted by atomic mass is 19.1. The lowest BCUT2D eigenvalue weighted by molar-refractivity contribution is -0.114. The van der Waals surface area contributed by atoms with E-state index in [1.165, 1.54) is 19.1 Å². The van der Waals surface area contributed by atoms with Gasteiger partial charge in [-0.3, -0.25) is 4.79 Å². The Hall–Kier alpha value is -3.38. The Morgan fingerprint density at radius 3 is 2.48 bits per heavy atom. The summed E-state index contributed by atoms with van der Waals surface area (Å²) < 4.78 is 14.4. The van der Waals surface area contributed by atoms with Crippen molar-refractivity contribution >= 4 is 17.3 Å². The summed E-state index contributed by atoms with van der Waals surface area (Å²) in [5.41, 5.74) is 3.89. The molecule has 0 unspecified atom stereocenters. The first-order valence-electron chi connectivity index (χ1n) is 10.4. The van der Waals surface area contributed by atoms with Crippen molar-refractivity contribution in [3.63, 3.8) is 0 Å². The van der Waals surface area contributed by atoms with E-state index in [1.54, 1.807) is 12.1 Å². The molecule has 1 amide bonds. The minimum atomic E-state index is -0.549. The van der Waals surface area contributed by atoms with Crippen molar-refractivity contribution in [2.24, 2.45) is 0 Å². The van der Waals surface area contributed by atoms with E-state index in [4.69, 9.17) is 0 Å². The number of carbonyl (C=O) groups is 1. The van der Waals surface area contributed by atoms with E-state index < -0.39 is 5.82 Å². The second-order valence-corrected chi connectivity index (χ2v) is 7.87. The van der Waals surface area contributed by atoms with E-state index in [1.807, 2.05) is 24.3 Å². The van der Waals surface area contributed by atoms with Crippen LogP contribution in [-0.4, -0.2) is 36.7 Å². The molecule has 0 spiro atoms. The number of para-hydroxylation sites is 1. The number of phenols is 1. The van der Waals surface area contributed by atoms with Gasteiger partial charge in [0.25, 0.3) is 0 Å². The highest BCUT2D eigenvalue weighted by molar-refractivity contribution is 5.89. The lowest BCUT2D eigenvalue weighted by atomic mass is 9.96. The Morgan fingerprint density at radius 2 is 1.81 bits per heavy atom. The molecule has 0 radical (unpaired) electrons. The second kappa shape index (κ2) is 8.78. The number of rotatable bonds is 4. The summed E-state index contributed by atoms with van der Waals surface area (Å²) in [5.74, 6) is -0.790. The van der Waals surface area contributed by atoms with Crippen molar-refractivity contribution in [3.05, 3.63) is 66.5 Å². The first kappa shape index (κ1) is 20.9. The van der Waals surface area contributed by atoms with Gasteiger partial charge >= 0.3 is 0 Å². The monoisotopic (exact) mass is 419 g/mol. The Morgan fingerprint density at radius 1 is 1.10 bits per heavy atom. The van der Waals surface area contributed by atoms with E-state index in [0.29, 0.717) is 22.7 Å². The molecule has 3 aromatic rings. The number of nitrogens with zero attached hydrogens (tertiary/aromatic N) is 1. The number of benzene rings is 3. The summed E-state index contributed by atoms with van der Waals surface area (Å²) >= 11 is 0. The first-order chi connectivity index (χ1) is 14.9. The molecule has 1 saturated heterocycles. The SMILES string of the molecule is CC(=O)Nc1ccc(-c2cccc(-c3cccc(N4CCNC[C@@H]4C)c3)c2O)cc1F. The van der Waals surface area contributed by atoms with Crippen LogP contribution in [0, 0.1) is 5.82 Å². The first-order valence-corrected chi connectivity index (χ1v) is 10.4. The molecular weight excluding hydrogens is 393 g/mol. The van der Waals surface area contributed by atoms with Gasteiger partial charge in [0, 0.05) is 49.4 Å². The van der Waals surface area contributed by atoms with E-state index >= 15 is 0 Å². The molecule has 0 aromatic heterocycles. The smallest absolute Gasteiger partial charge is 0.221 e. The number of phenolic OH excluding ortho intramolecular Hbond substituents is 1. The molecule has 3 N–H and O–H groups in total. The fourth-order valence-corrected chi connectivity index (χ4v) is 4.06. The zero-order valence-electron chi connectivity index (χ0n) is 17.7. The predicted molar refractivity (Wildman–Crippen MR) is 123 cm³/mol. The average Bonchev–Trinajstić information content (AvgIpc) is 2.75. The molecule has 0 aliphatic carbocycles. The normalized spacial score (nSPS) is 16.2. The van der Waals surface area contributed by atoms with Gasteiger partial charge in [0.1, 0.15) is 11.6 Å². The van der Waals surface area contributed by atoms with Gasteiger partial charge in [0.2, 0.25) is 5.91 Å². The van der Waals surface area contributed by atoms with Crippen molar-refractivity contribution < 1.29 is 14.3 Å². The maximum absolute atomic E-state index is 14.4. The largest absolute Gasteiger partial charge is 0.507 e. The molecule has 1 heterocycles. The number of hydrogen-bond acceptors (Lipinski definition) is 4. The lowest BCUT2D eigenvalue weighted by Gasteiger charge is -2.36. The van der Waals surface area contributed by atoms with E-state index in [-0.39, 0.29) is 17.3 Å². The minimum absolute atomic E-state index is 0.0969. The van der Waals surface area contributed by atoms with Crippen LogP contribution in [0.5, 0.6) is 5.75 Å². The van der Waals surface area contributed by atoms with E-state index in [0.717, 1.165) is 30.9 Å². The van der Waals surface area contributed by atoms with Gasteiger partial charge in [-0.25, -0.2) is 4.39 Å². The highest BCUT2D eigenvalue weighted by Gasteiger charge is 2.19. The van der Waals surface area contributed by atoms with Gasteiger partial charge in [-0.15, -0.1) is 0 Å². The minimum Gasteiger partial charge on any atom is -0.507 e. The number of nitrogens with one attached hydrogen (secondary N) is 2. The number of halogens is 1. The summed E-state index contributed by atoms with van der Waals surface area (Å²) in [6.07, 6.45) is 0. The molecule has 5 nitrogen and oxygen atoms in total. The quantitative estimate of drug-likeness (QED) is 0.577. The molecule has 1 aliphatic rings. The number of carbonyl (C=O) groups excluding carboxylic acids is 1. The van der Waals surface area contributed by atoms with Crippen LogP contribution in [0.4, 0.5) is 15.8 Å². The third kappa shape index (κ3) is 4.39. The number of hydrogen-bond donors (Lipinski definition) is 3. The average molecular weight is 420 g/mol. The van der Waals surface area contributed by atoms with Crippen molar-refractivity contribution in [2.45, 2.75) is 19.9 Å². The molecular formula is C25H26FN3O2. The Bertz CT molecular complexity index is 1120. The number of aromatic hydroxyl groups is 1. The summed E-state index contributed by atoms with van der Waals surface area (Å²) in [7, 11) is 0. The maximum Gasteiger partial charge on any atom is 0.221 e. The van der Waals surface area contributed by atoms with Gasteiger partial charge in [0.05, 0.1) is 5.69 Å². The molecule has 0 bridgehead atoms. The van der Waals surface area contributed by atoms with Crippen LogP contribution < -0.4 is 15.5 Å². The lowest BCUT2D eigenvalue weighted by Crippen LogP contribution is -2.49. The van der Waals surface area contributed by atoms with Gasteiger partial charge in [-0.1, -0.05) is 36.4 Å². The Kier molecular flexibility index (Phi) is 5.91. The fourth-order valence-electron chi connectivity index (χ4n) is 4.06. The maximum atomic E-state index is 14.4. The summed E-state index contributed by atoms with van der Waals surface area (Å²) in [4.78, 5) is 13.6. The Labute approximate surface area is 181 Å². The van der Waals surface area contributed by atoms with Crippen LogP contribution in [0.2, 0.25) is 0 Å². The number of amides is 1. The topological polar surface area (TPSA) is 64.6 Å². The van der Waals surface area contributed by atoms with Crippen molar-refractivity contribution in [3.8, 4) is 28.0 Å². The Balaban J connectivity index is 1.69. The van der Waals surface area contributed by atoms with Crippen LogP contribution >= 0.6 is 0 Å². The van der Waals surface area contributed by atoms with Crippen LogP contribution in [0.25, 0.3) is 22.3 Å². The third-order valence-electron chi connectivity index (χ3n) is 5.62. The van der Waals surface area contributed by atoms with Gasteiger partial charge in [-0.05, 0) is 42.3 Å². The molecule has 1 atom stereocenters. The van der Waals surface area contributed by atoms with Crippen LogP contribution in [0.15, 0.2) is 60.7 Å². The molecule has 160 valence electrons. The van der Waals surface area contributed by atoms with Crippen molar-refractivity contribution in [1.82, 2.24) is 5.32 Å².